The van der Waals surface area contributed by atoms with E-state index in [4.69, 9.17) is 4.42 Å². The number of amides is 3. The minimum Gasteiger partial charge on any atom is -0.472 e. The fraction of sp³-hybridized carbons (Fsp3) is 0.400. The quantitative estimate of drug-likeness (QED) is 0.792. The number of nitrogens with one attached hydrogen (secondary N) is 2. The lowest BCUT2D eigenvalue weighted by atomic mass is 9.74. The highest BCUT2D eigenvalue weighted by Crippen LogP contribution is 2.34. The van der Waals surface area contributed by atoms with Crippen molar-refractivity contribution in [3.63, 3.8) is 0 Å². The molecular weight excluding hydrogens is 349 g/mol. The lowest BCUT2D eigenvalue weighted by Gasteiger charge is -2.40. The van der Waals surface area contributed by atoms with E-state index in [2.05, 4.69) is 15.5 Å². The number of hydrogen-bond donors (Lipinski definition) is 2. The number of nitrogens with zero attached hydrogens (tertiary/aromatic N) is 1. The zero-order chi connectivity index (χ0) is 18.9. The van der Waals surface area contributed by atoms with E-state index in [0.29, 0.717) is 5.56 Å². The highest BCUT2D eigenvalue weighted by molar-refractivity contribution is 6.07. The summed E-state index contributed by atoms with van der Waals surface area (Å²) in [6, 6.07) is 7.85. The number of urea groups is 1. The number of likely N-dealkylation sites (tertiary alicyclic amines) is 1. The Kier molecular flexibility index (Phi) is 4.70. The van der Waals surface area contributed by atoms with Crippen LogP contribution in [0.4, 0.5) is 9.18 Å². The first-order chi connectivity index (χ1) is 13.1. The summed E-state index contributed by atoms with van der Waals surface area (Å²) in [5.74, 6) is -0.767. The molecule has 1 unspecified atom stereocenters. The first-order valence-corrected chi connectivity index (χ1v) is 9.17. The number of piperidine rings is 1. The number of benzene rings is 1. The smallest absolute Gasteiger partial charge is 0.322 e. The molecule has 2 aliphatic rings. The standard InChI is InChI=1S/C20H22FN3O3/c21-17-4-2-1-3-15(17)11-20(18(25)22-19(26)23-20)16-5-8-24(9-6-16)12-14-7-10-27-13-14/h1-4,7,10,13,16H,5-6,8-9,11-12H2,(H2,22,23,25,26). The van der Waals surface area contributed by atoms with Crippen LogP contribution in [0, 0.1) is 11.7 Å². The zero-order valence-electron chi connectivity index (χ0n) is 14.9. The summed E-state index contributed by atoms with van der Waals surface area (Å²) >= 11 is 0. The van der Waals surface area contributed by atoms with Crippen LogP contribution < -0.4 is 10.6 Å². The van der Waals surface area contributed by atoms with Crippen LogP contribution in [0.2, 0.25) is 0 Å². The van der Waals surface area contributed by atoms with Crippen molar-refractivity contribution >= 4 is 11.9 Å². The summed E-state index contributed by atoms with van der Waals surface area (Å²) in [4.78, 5) is 26.9. The Labute approximate surface area is 156 Å². The van der Waals surface area contributed by atoms with Gasteiger partial charge in [-0.2, -0.15) is 0 Å². The van der Waals surface area contributed by atoms with Crippen LogP contribution in [0.1, 0.15) is 24.0 Å². The largest absolute Gasteiger partial charge is 0.472 e. The van der Waals surface area contributed by atoms with Gasteiger partial charge in [-0.05, 0) is 49.5 Å². The Morgan fingerprint density at radius 3 is 2.59 bits per heavy atom. The predicted octanol–water partition coefficient (Wildman–Crippen LogP) is 2.45. The number of carbonyl (C=O) groups excluding carboxylic acids is 2. The van der Waals surface area contributed by atoms with Crippen molar-refractivity contribution in [2.45, 2.75) is 31.3 Å². The van der Waals surface area contributed by atoms with E-state index < -0.39 is 11.6 Å². The van der Waals surface area contributed by atoms with Gasteiger partial charge < -0.3 is 9.73 Å². The van der Waals surface area contributed by atoms with Gasteiger partial charge in [-0.25, -0.2) is 9.18 Å². The topological polar surface area (TPSA) is 74.6 Å². The van der Waals surface area contributed by atoms with Crippen molar-refractivity contribution in [2.24, 2.45) is 5.92 Å². The molecule has 0 bridgehead atoms. The summed E-state index contributed by atoms with van der Waals surface area (Å²) in [5, 5.41) is 5.18. The van der Waals surface area contributed by atoms with Crippen molar-refractivity contribution in [3.05, 3.63) is 59.8 Å². The third kappa shape index (κ3) is 3.47. The first-order valence-electron chi connectivity index (χ1n) is 9.17. The second-order valence-electron chi connectivity index (χ2n) is 7.33. The minimum absolute atomic E-state index is 0.0517. The molecule has 1 atom stereocenters. The van der Waals surface area contributed by atoms with Crippen LogP contribution in [0.3, 0.4) is 0 Å². The Bertz CT molecular complexity index is 831. The molecule has 3 amide bonds. The summed E-state index contributed by atoms with van der Waals surface area (Å²) in [6.07, 6.45) is 5.05. The van der Waals surface area contributed by atoms with Gasteiger partial charge in [0.2, 0.25) is 0 Å². The average Bonchev–Trinajstić information content (AvgIpc) is 3.26. The minimum atomic E-state index is -1.10. The molecule has 2 saturated heterocycles. The van der Waals surface area contributed by atoms with Crippen LogP contribution in [0.25, 0.3) is 0 Å². The molecule has 0 saturated carbocycles. The number of imide groups is 1. The van der Waals surface area contributed by atoms with Crippen LogP contribution in [-0.2, 0) is 17.8 Å². The Balaban J connectivity index is 1.51. The molecule has 4 rings (SSSR count). The maximum atomic E-state index is 14.2. The van der Waals surface area contributed by atoms with Gasteiger partial charge in [-0.15, -0.1) is 0 Å². The lowest BCUT2D eigenvalue weighted by Crippen LogP contribution is -2.57. The maximum Gasteiger partial charge on any atom is 0.322 e. The SMILES string of the molecule is O=C1NC(=O)C(Cc2ccccc2F)(C2CCN(Cc3ccoc3)CC2)N1. The molecule has 0 aliphatic carbocycles. The Morgan fingerprint density at radius 2 is 1.96 bits per heavy atom. The van der Waals surface area contributed by atoms with Gasteiger partial charge in [0.25, 0.3) is 5.91 Å². The molecule has 142 valence electrons. The zero-order valence-corrected chi connectivity index (χ0v) is 14.9. The molecule has 2 aromatic rings. The van der Waals surface area contributed by atoms with Gasteiger partial charge in [-0.3, -0.25) is 15.0 Å². The fourth-order valence-electron chi connectivity index (χ4n) is 4.23. The van der Waals surface area contributed by atoms with Crippen LogP contribution >= 0.6 is 0 Å². The van der Waals surface area contributed by atoms with Gasteiger partial charge in [0.05, 0.1) is 12.5 Å². The molecular formula is C20H22FN3O3. The molecule has 27 heavy (non-hydrogen) atoms. The number of hydrogen-bond acceptors (Lipinski definition) is 4. The maximum absolute atomic E-state index is 14.2. The predicted molar refractivity (Wildman–Crippen MR) is 96.2 cm³/mol. The van der Waals surface area contributed by atoms with Crippen LogP contribution in [-0.4, -0.2) is 35.5 Å². The number of rotatable bonds is 5. The average molecular weight is 371 g/mol. The molecule has 2 fully saturated rings. The van der Waals surface area contributed by atoms with Crippen molar-refractivity contribution in [3.8, 4) is 0 Å². The summed E-state index contributed by atoms with van der Waals surface area (Å²) < 4.78 is 19.3. The molecule has 1 aromatic heterocycles. The molecule has 1 aromatic carbocycles. The molecule has 7 heteroatoms. The van der Waals surface area contributed by atoms with Gasteiger partial charge in [0, 0.05) is 18.5 Å². The normalized spacial score (nSPS) is 24.0. The van der Waals surface area contributed by atoms with Crippen molar-refractivity contribution in [2.75, 3.05) is 13.1 Å². The molecule has 6 nitrogen and oxygen atoms in total. The summed E-state index contributed by atoms with van der Waals surface area (Å²) in [7, 11) is 0. The monoisotopic (exact) mass is 371 g/mol. The van der Waals surface area contributed by atoms with Crippen molar-refractivity contribution < 1.29 is 18.4 Å². The van der Waals surface area contributed by atoms with E-state index >= 15 is 0 Å². The first kappa shape index (κ1) is 17.7. The van der Waals surface area contributed by atoms with Crippen molar-refractivity contribution in [1.82, 2.24) is 15.5 Å². The van der Waals surface area contributed by atoms with Crippen LogP contribution in [0.5, 0.6) is 0 Å². The molecule has 0 radical (unpaired) electrons. The highest BCUT2D eigenvalue weighted by Gasteiger charge is 2.52. The number of carbonyl (C=O) groups is 2. The number of furan rings is 1. The van der Waals surface area contributed by atoms with E-state index in [1.165, 1.54) is 6.07 Å². The van der Waals surface area contributed by atoms with E-state index in [1.807, 2.05) is 6.07 Å². The molecule has 3 heterocycles. The van der Waals surface area contributed by atoms with Gasteiger partial charge in [0.1, 0.15) is 11.4 Å². The Hall–Kier alpha value is -2.67. The molecule has 2 N–H and O–H groups in total. The van der Waals surface area contributed by atoms with Gasteiger partial charge in [-0.1, -0.05) is 18.2 Å². The summed E-state index contributed by atoms with van der Waals surface area (Å²) in [6.45, 7) is 2.40. The Morgan fingerprint density at radius 1 is 1.19 bits per heavy atom. The van der Waals surface area contributed by atoms with E-state index in [-0.39, 0.29) is 24.1 Å². The van der Waals surface area contributed by atoms with E-state index in [9.17, 15) is 14.0 Å². The fourth-order valence-corrected chi connectivity index (χ4v) is 4.23. The molecule has 2 aliphatic heterocycles. The summed E-state index contributed by atoms with van der Waals surface area (Å²) in [5.41, 5.74) is 0.457. The second kappa shape index (κ2) is 7.15. The van der Waals surface area contributed by atoms with Crippen molar-refractivity contribution in [1.29, 1.82) is 0 Å². The lowest BCUT2D eigenvalue weighted by molar-refractivity contribution is -0.126. The van der Waals surface area contributed by atoms with E-state index in [0.717, 1.165) is 38.0 Å². The molecule has 0 spiro atoms. The van der Waals surface area contributed by atoms with Gasteiger partial charge >= 0.3 is 6.03 Å². The van der Waals surface area contributed by atoms with Crippen LogP contribution in [0.15, 0.2) is 47.3 Å². The van der Waals surface area contributed by atoms with Gasteiger partial charge in [0.15, 0.2) is 0 Å². The highest BCUT2D eigenvalue weighted by atomic mass is 19.1. The third-order valence-electron chi connectivity index (χ3n) is 5.67. The number of halogens is 1. The second-order valence-corrected chi connectivity index (χ2v) is 7.33. The van der Waals surface area contributed by atoms with E-state index in [1.54, 1.807) is 30.7 Å². The third-order valence-corrected chi connectivity index (χ3v) is 5.67.